The third-order valence-electron chi connectivity index (χ3n) is 9.99. The van der Waals surface area contributed by atoms with Gasteiger partial charge in [-0.05, 0) is 66.2 Å². The average molecular weight is 666 g/mol. The first kappa shape index (κ1) is 28.8. The number of fused-ring (bicyclic) bond motifs is 10. The van der Waals surface area contributed by atoms with Gasteiger partial charge in [-0.2, -0.15) is 15.8 Å². The first-order chi connectivity index (χ1) is 25.2. The van der Waals surface area contributed by atoms with Crippen molar-refractivity contribution in [1.29, 1.82) is 15.8 Å². The Morgan fingerprint density at radius 1 is 0.471 bits per heavy atom. The lowest BCUT2D eigenvalue weighted by atomic mass is 9.95. The quantitative estimate of drug-likeness (QED) is 0.188. The van der Waals surface area contributed by atoms with Crippen molar-refractivity contribution in [3.8, 4) is 40.7 Å². The van der Waals surface area contributed by atoms with Crippen molar-refractivity contribution in [1.82, 2.24) is 9.13 Å². The maximum Gasteiger partial charge on any atom is 0.101 e. The van der Waals surface area contributed by atoms with Gasteiger partial charge in [0.2, 0.25) is 0 Å². The normalized spacial score (nSPS) is 11.5. The molecule has 7 aromatic carbocycles. The number of rotatable bonds is 3. The highest BCUT2D eigenvalue weighted by Crippen LogP contribution is 2.45. The first-order valence-electron chi connectivity index (χ1n) is 16.5. The van der Waals surface area contributed by atoms with Crippen molar-refractivity contribution < 1.29 is 0 Å². The third-order valence-corrected chi connectivity index (χ3v) is 11.1. The Kier molecular flexibility index (Phi) is 6.17. The minimum Gasteiger partial charge on any atom is -0.309 e. The number of aromatic nitrogens is 2. The summed E-state index contributed by atoms with van der Waals surface area (Å²) in [5.41, 5.74) is 8.30. The second-order valence-corrected chi connectivity index (χ2v) is 13.8. The summed E-state index contributed by atoms with van der Waals surface area (Å²) in [5.74, 6) is 0. The number of para-hydroxylation sites is 3. The van der Waals surface area contributed by atoms with Crippen LogP contribution in [0.3, 0.4) is 0 Å². The van der Waals surface area contributed by atoms with Gasteiger partial charge < -0.3 is 9.13 Å². The molecule has 234 valence electrons. The molecule has 0 unspecified atom stereocenters. The van der Waals surface area contributed by atoms with Crippen LogP contribution in [-0.2, 0) is 0 Å². The molecule has 0 radical (unpaired) electrons. The summed E-state index contributed by atoms with van der Waals surface area (Å²) in [6.45, 7) is 0. The van der Waals surface area contributed by atoms with E-state index in [4.69, 9.17) is 0 Å². The van der Waals surface area contributed by atoms with Gasteiger partial charge in [0.15, 0.2) is 0 Å². The molecule has 0 aliphatic rings. The van der Waals surface area contributed by atoms with E-state index in [9.17, 15) is 15.8 Å². The number of nitriles is 3. The van der Waals surface area contributed by atoms with Crippen molar-refractivity contribution in [2.75, 3.05) is 0 Å². The molecular formula is C45H23N5S. The lowest BCUT2D eigenvalue weighted by Gasteiger charge is -2.18. The molecule has 6 heteroatoms. The van der Waals surface area contributed by atoms with Crippen LogP contribution >= 0.6 is 11.3 Å². The highest BCUT2D eigenvalue weighted by Gasteiger charge is 2.23. The topological polar surface area (TPSA) is 81.2 Å². The van der Waals surface area contributed by atoms with Gasteiger partial charge in [0.05, 0.1) is 50.5 Å². The van der Waals surface area contributed by atoms with E-state index in [0.29, 0.717) is 11.1 Å². The third kappa shape index (κ3) is 4.11. The Balaban J connectivity index is 1.36. The summed E-state index contributed by atoms with van der Waals surface area (Å²) >= 11 is 1.76. The Morgan fingerprint density at radius 2 is 1.06 bits per heavy atom. The molecule has 3 aromatic heterocycles. The van der Waals surface area contributed by atoms with E-state index >= 15 is 0 Å². The molecule has 0 atom stereocenters. The fourth-order valence-electron chi connectivity index (χ4n) is 7.87. The molecule has 0 fully saturated rings. The van der Waals surface area contributed by atoms with Crippen LogP contribution in [0.1, 0.15) is 16.7 Å². The lowest BCUT2D eigenvalue weighted by Crippen LogP contribution is -2.02. The second kappa shape index (κ2) is 10.9. The van der Waals surface area contributed by atoms with Crippen LogP contribution in [0.4, 0.5) is 0 Å². The van der Waals surface area contributed by atoms with Gasteiger partial charge in [0.1, 0.15) is 12.1 Å². The van der Waals surface area contributed by atoms with E-state index in [1.54, 1.807) is 11.3 Å². The van der Waals surface area contributed by atoms with E-state index in [-0.39, 0.29) is 5.56 Å². The van der Waals surface area contributed by atoms with Crippen LogP contribution < -0.4 is 0 Å². The Morgan fingerprint density at radius 3 is 1.73 bits per heavy atom. The summed E-state index contributed by atoms with van der Waals surface area (Å²) in [4.78, 5) is 0. The number of nitrogens with zero attached hydrogens (tertiary/aromatic N) is 5. The predicted octanol–water partition coefficient (Wildman–Crippen LogP) is 11.5. The monoisotopic (exact) mass is 665 g/mol. The number of hydrogen-bond acceptors (Lipinski definition) is 4. The van der Waals surface area contributed by atoms with Gasteiger partial charge in [-0.25, -0.2) is 0 Å². The molecule has 0 spiro atoms. The molecule has 0 bridgehead atoms. The molecule has 3 heterocycles. The summed E-state index contributed by atoms with van der Waals surface area (Å²) in [5, 5.41) is 37.8. The first-order valence-corrected chi connectivity index (χ1v) is 17.3. The summed E-state index contributed by atoms with van der Waals surface area (Å²) in [6.07, 6.45) is 0. The number of benzene rings is 7. The fraction of sp³-hybridized carbons (Fsp3) is 0. The number of hydrogen-bond donors (Lipinski definition) is 0. The predicted molar refractivity (Wildman–Crippen MR) is 208 cm³/mol. The van der Waals surface area contributed by atoms with E-state index < -0.39 is 0 Å². The van der Waals surface area contributed by atoms with Crippen molar-refractivity contribution in [2.45, 2.75) is 0 Å². The molecule has 10 aromatic rings. The summed E-state index contributed by atoms with van der Waals surface area (Å²) in [6, 6.07) is 54.3. The van der Waals surface area contributed by atoms with Crippen LogP contribution in [0.5, 0.6) is 0 Å². The molecule has 5 nitrogen and oxygen atoms in total. The summed E-state index contributed by atoms with van der Waals surface area (Å²) in [7, 11) is 0. The van der Waals surface area contributed by atoms with Crippen molar-refractivity contribution in [3.63, 3.8) is 0 Å². The Hall–Kier alpha value is -7.17. The van der Waals surface area contributed by atoms with Gasteiger partial charge in [-0.3, -0.25) is 0 Å². The van der Waals surface area contributed by atoms with Crippen molar-refractivity contribution in [2.24, 2.45) is 0 Å². The molecule has 0 N–H and O–H groups in total. The molecule has 0 saturated carbocycles. The molecular weight excluding hydrogens is 643 g/mol. The van der Waals surface area contributed by atoms with E-state index in [2.05, 4.69) is 112 Å². The zero-order valence-corrected chi connectivity index (χ0v) is 27.7. The van der Waals surface area contributed by atoms with Crippen LogP contribution in [0.25, 0.3) is 86.3 Å². The van der Waals surface area contributed by atoms with Crippen LogP contribution in [0.2, 0.25) is 0 Å². The highest BCUT2D eigenvalue weighted by molar-refractivity contribution is 7.26. The van der Waals surface area contributed by atoms with E-state index in [0.717, 1.165) is 71.5 Å². The van der Waals surface area contributed by atoms with Crippen molar-refractivity contribution in [3.05, 3.63) is 156 Å². The lowest BCUT2D eigenvalue weighted by molar-refractivity contribution is 1.17. The standard InChI is InChI=1S/C45H23N5S/c46-24-27-19-28(21-31(20-27)49-38-13-5-1-9-32(38)33-10-2-6-14-39(33)49)37-22-29(25-47)30(26-48)23-41(37)50-40-15-7-3-11-34(40)35-17-18-43-44(45(35)50)36-12-4-8-16-42(36)51-43/h1-23H. The minimum absolute atomic E-state index is 0.281. The van der Waals surface area contributed by atoms with Gasteiger partial charge in [-0.15, -0.1) is 11.3 Å². The fourth-order valence-corrected chi connectivity index (χ4v) is 8.97. The maximum absolute atomic E-state index is 10.4. The number of thiophene rings is 1. The summed E-state index contributed by atoms with van der Waals surface area (Å²) < 4.78 is 6.82. The molecule has 0 aliphatic carbocycles. The smallest absolute Gasteiger partial charge is 0.101 e. The maximum atomic E-state index is 10.4. The molecule has 51 heavy (non-hydrogen) atoms. The average Bonchev–Trinajstić information content (AvgIpc) is 3.85. The van der Waals surface area contributed by atoms with Crippen LogP contribution in [-0.4, -0.2) is 9.13 Å². The minimum atomic E-state index is 0.281. The van der Waals surface area contributed by atoms with Gasteiger partial charge in [0.25, 0.3) is 0 Å². The molecule has 10 rings (SSSR count). The van der Waals surface area contributed by atoms with Gasteiger partial charge >= 0.3 is 0 Å². The van der Waals surface area contributed by atoms with E-state index in [1.807, 2.05) is 54.6 Å². The second-order valence-electron chi connectivity index (χ2n) is 12.7. The largest absolute Gasteiger partial charge is 0.309 e. The Labute approximate surface area is 295 Å². The SMILES string of the molecule is N#Cc1cc(-c2cc(C#N)c(C#N)cc2-n2c3ccccc3c3ccc4sc5ccccc5c4c32)cc(-n2c3ccccc3c3ccccc32)c1. The van der Waals surface area contributed by atoms with Gasteiger partial charge in [0, 0.05) is 53.0 Å². The highest BCUT2D eigenvalue weighted by atomic mass is 32.1. The zero-order chi connectivity index (χ0) is 34.2. The molecule has 0 saturated heterocycles. The molecule has 0 aliphatic heterocycles. The van der Waals surface area contributed by atoms with Crippen LogP contribution in [0, 0.1) is 34.0 Å². The van der Waals surface area contributed by atoms with Gasteiger partial charge in [-0.1, -0.05) is 78.9 Å². The van der Waals surface area contributed by atoms with Crippen molar-refractivity contribution >= 4 is 75.1 Å². The van der Waals surface area contributed by atoms with E-state index in [1.165, 1.54) is 14.8 Å². The Bertz CT molecular complexity index is 3190. The van der Waals surface area contributed by atoms with Crippen LogP contribution in [0.15, 0.2) is 140 Å². The molecule has 0 amide bonds. The zero-order valence-electron chi connectivity index (χ0n) is 26.9.